The van der Waals surface area contributed by atoms with Gasteiger partial charge in [0.2, 0.25) is 0 Å². The molecule has 3 rings (SSSR count). The third kappa shape index (κ3) is 3.09. The number of carbonyl (C=O) groups excluding carboxylic acids is 1. The number of rotatable bonds is 2. The zero-order valence-corrected chi connectivity index (χ0v) is 12.2. The lowest BCUT2D eigenvalue weighted by Gasteiger charge is -2.29. The number of piperidine rings is 1. The molecule has 2 saturated heterocycles. The van der Waals surface area contributed by atoms with Crippen molar-refractivity contribution in [2.45, 2.75) is 56.9 Å². The molecule has 2 unspecified atom stereocenters. The van der Waals surface area contributed by atoms with Gasteiger partial charge in [-0.15, -0.1) is 0 Å². The fraction of sp³-hybridized carbons (Fsp3) is 0.600. The topological polar surface area (TPSA) is 54.0 Å². The van der Waals surface area contributed by atoms with Gasteiger partial charge in [-0.1, -0.05) is 0 Å². The van der Waals surface area contributed by atoms with Crippen molar-refractivity contribution in [2.75, 3.05) is 0 Å². The first-order chi connectivity index (χ1) is 10.3. The number of nitrogens with zero attached hydrogens (tertiary/aromatic N) is 1. The van der Waals surface area contributed by atoms with Crippen LogP contribution in [-0.4, -0.2) is 29.0 Å². The van der Waals surface area contributed by atoms with Crippen LogP contribution in [0.15, 0.2) is 12.1 Å². The minimum absolute atomic E-state index is 0.0768. The molecule has 0 saturated carbocycles. The zero-order chi connectivity index (χ0) is 15.9. The first-order valence-electron chi connectivity index (χ1n) is 7.44. The minimum Gasteiger partial charge on any atom is -0.349 e. The summed E-state index contributed by atoms with van der Waals surface area (Å²) < 4.78 is 37.8. The second-order valence-corrected chi connectivity index (χ2v) is 6.11. The maximum absolute atomic E-state index is 12.6. The van der Waals surface area contributed by atoms with E-state index in [9.17, 15) is 18.0 Å². The van der Waals surface area contributed by atoms with Crippen LogP contribution in [0.2, 0.25) is 0 Å². The van der Waals surface area contributed by atoms with Crippen LogP contribution < -0.4 is 10.6 Å². The van der Waals surface area contributed by atoms with E-state index in [4.69, 9.17) is 0 Å². The van der Waals surface area contributed by atoms with E-state index in [1.54, 1.807) is 0 Å². The van der Waals surface area contributed by atoms with E-state index in [-0.39, 0.29) is 23.2 Å². The van der Waals surface area contributed by atoms with Gasteiger partial charge in [0.05, 0.1) is 11.3 Å². The molecule has 120 valence electrons. The number of alkyl halides is 3. The molecule has 4 nitrogen and oxygen atoms in total. The van der Waals surface area contributed by atoms with Crippen LogP contribution in [0.25, 0.3) is 0 Å². The van der Waals surface area contributed by atoms with Gasteiger partial charge in [-0.3, -0.25) is 4.79 Å². The predicted octanol–water partition coefficient (Wildman–Crippen LogP) is 2.42. The molecule has 2 atom stereocenters. The molecule has 2 fully saturated rings. The molecular formula is C15H18F3N3O. The van der Waals surface area contributed by atoms with E-state index in [0.29, 0.717) is 12.1 Å². The third-order valence-electron chi connectivity index (χ3n) is 4.43. The van der Waals surface area contributed by atoms with Crippen LogP contribution in [-0.2, 0) is 6.18 Å². The second-order valence-electron chi connectivity index (χ2n) is 6.11. The highest BCUT2D eigenvalue weighted by Crippen LogP contribution is 2.29. The van der Waals surface area contributed by atoms with Gasteiger partial charge in [-0.25, -0.2) is 4.98 Å². The quantitative estimate of drug-likeness (QED) is 0.882. The number of hydrogen-bond acceptors (Lipinski definition) is 3. The van der Waals surface area contributed by atoms with Crippen molar-refractivity contribution in [1.82, 2.24) is 15.6 Å². The smallest absolute Gasteiger partial charge is 0.349 e. The summed E-state index contributed by atoms with van der Waals surface area (Å²) in [6, 6.07) is 3.02. The number of aromatic nitrogens is 1. The highest BCUT2D eigenvalue weighted by atomic mass is 19.4. The van der Waals surface area contributed by atoms with E-state index in [1.807, 2.05) is 0 Å². The predicted molar refractivity (Wildman–Crippen MR) is 74.4 cm³/mol. The molecule has 2 bridgehead atoms. The van der Waals surface area contributed by atoms with Crippen molar-refractivity contribution < 1.29 is 18.0 Å². The summed E-state index contributed by atoms with van der Waals surface area (Å²) in [5.41, 5.74) is -0.662. The molecule has 2 aliphatic rings. The standard InChI is InChI=1S/C15H18F3N3O/c1-8-12(4-5-13(19-8)15(16,17)18)14(22)21-11-6-9-2-3-10(7-11)20-9/h4-5,9-11,20H,2-3,6-7H2,1H3,(H,21,22). The summed E-state index contributed by atoms with van der Waals surface area (Å²) in [5, 5.41) is 6.41. The Morgan fingerprint density at radius 3 is 2.45 bits per heavy atom. The molecule has 1 aromatic rings. The Morgan fingerprint density at radius 2 is 1.91 bits per heavy atom. The molecule has 0 spiro atoms. The number of pyridine rings is 1. The Balaban J connectivity index is 1.70. The van der Waals surface area contributed by atoms with Crippen molar-refractivity contribution in [3.05, 3.63) is 29.1 Å². The lowest BCUT2D eigenvalue weighted by atomic mass is 9.99. The molecular weight excluding hydrogens is 295 g/mol. The summed E-state index contributed by atoms with van der Waals surface area (Å²) in [5.74, 6) is -0.343. The van der Waals surface area contributed by atoms with Crippen LogP contribution in [0.3, 0.4) is 0 Å². The minimum atomic E-state index is -4.49. The monoisotopic (exact) mass is 313 g/mol. The fourth-order valence-electron chi connectivity index (χ4n) is 3.40. The van der Waals surface area contributed by atoms with Gasteiger partial charge in [-0.05, 0) is 44.7 Å². The first kappa shape index (κ1) is 15.3. The maximum Gasteiger partial charge on any atom is 0.433 e. The van der Waals surface area contributed by atoms with Crippen LogP contribution in [0.5, 0.6) is 0 Å². The van der Waals surface area contributed by atoms with Gasteiger partial charge in [0.15, 0.2) is 0 Å². The number of hydrogen-bond donors (Lipinski definition) is 2. The summed E-state index contributed by atoms with van der Waals surface area (Å²) in [7, 11) is 0. The van der Waals surface area contributed by atoms with Gasteiger partial charge < -0.3 is 10.6 Å². The lowest BCUT2D eigenvalue weighted by Crippen LogP contribution is -2.48. The summed E-state index contributed by atoms with van der Waals surface area (Å²) >= 11 is 0. The van der Waals surface area contributed by atoms with Crippen molar-refractivity contribution in [2.24, 2.45) is 0 Å². The number of aryl methyl sites for hydroxylation is 1. The van der Waals surface area contributed by atoms with Gasteiger partial charge in [0.1, 0.15) is 5.69 Å². The van der Waals surface area contributed by atoms with Crippen LogP contribution >= 0.6 is 0 Å². The summed E-state index contributed by atoms with van der Waals surface area (Å²) in [6.45, 7) is 1.43. The number of fused-ring (bicyclic) bond motifs is 2. The Morgan fingerprint density at radius 1 is 1.27 bits per heavy atom. The zero-order valence-electron chi connectivity index (χ0n) is 12.2. The van der Waals surface area contributed by atoms with E-state index < -0.39 is 11.9 Å². The van der Waals surface area contributed by atoms with Crippen molar-refractivity contribution in [1.29, 1.82) is 0 Å². The van der Waals surface area contributed by atoms with E-state index >= 15 is 0 Å². The highest BCUT2D eigenvalue weighted by molar-refractivity contribution is 5.95. The Labute approximate surface area is 126 Å². The molecule has 2 N–H and O–H groups in total. The van der Waals surface area contributed by atoms with E-state index in [1.165, 1.54) is 13.0 Å². The summed E-state index contributed by atoms with van der Waals surface area (Å²) in [6.07, 6.45) is -0.505. The first-order valence-corrected chi connectivity index (χ1v) is 7.44. The van der Waals surface area contributed by atoms with Crippen LogP contribution in [0.1, 0.15) is 47.4 Å². The maximum atomic E-state index is 12.6. The SMILES string of the molecule is Cc1nc(C(F)(F)F)ccc1C(=O)NC1CC2CCC(C1)N2. The number of nitrogens with one attached hydrogen (secondary N) is 2. The molecule has 0 radical (unpaired) electrons. The largest absolute Gasteiger partial charge is 0.433 e. The van der Waals surface area contributed by atoms with Crippen molar-refractivity contribution >= 4 is 5.91 Å². The van der Waals surface area contributed by atoms with Gasteiger partial charge in [0, 0.05) is 18.1 Å². The Bertz CT molecular complexity index is 576. The molecule has 0 aromatic carbocycles. The summed E-state index contributed by atoms with van der Waals surface area (Å²) in [4.78, 5) is 15.8. The average Bonchev–Trinajstić information content (AvgIpc) is 2.76. The van der Waals surface area contributed by atoms with E-state index in [0.717, 1.165) is 31.7 Å². The molecule has 7 heteroatoms. The molecule has 1 aromatic heterocycles. The molecule has 3 heterocycles. The Hall–Kier alpha value is -1.63. The van der Waals surface area contributed by atoms with Gasteiger partial charge in [0.25, 0.3) is 5.91 Å². The lowest BCUT2D eigenvalue weighted by molar-refractivity contribution is -0.141. The third-order valence-corrected chi connectivity index (χ3v) is 4.43. The van der Waals surface area contributed by atoms with Gasteiger partial charge in [-0.2, -0.15) is 13.2 Å². The Kier molecular flexibility index (Phi) is 3.84. The van der Waals surface area contributed by atoms with Gasteiger partial charge >= 0.3 is 6.18 Å². The molecule has 2 aliphatic heterocycles. The van der Waals surface area contributed by atoms with Crippen LogP contribution in [0.4, 0.5) is 13.2 Å². The number of halogens is 3. The van der Waals surface area contributed by atoms with Crippen LogP contribution in [0, 0.1) is 6.92 Å². The second kappa shape index (κ2) is 5.53. The molecule has 22 heavy (non-hydrogen) atoms. The number of carbonyl (C=O) groups is 1. The van der Waals surface area contributed by atoms with Crippen molar-refractivity contribution in [3.8, 4) is 0 Å². The average molecular weight is 313 g/mol. The molecule has 1 amide bonds. The fourth-order valence-corrected chi connectivity index (χ4v) is 3.40. The number of amides is 1. The van der Waals surface area contributed by atoms with E-state index in [2.05, 4.69) is 15.6 Å². The molecule has 0 aliphatic carbocycles. The highest BCUT2D eigenvalue weighted by Gasteiger charge is 2.35. The van der Waals surface area contributed by atoms with Crippen molar-refractivity contribution in [3.63, 3.8) is 0 Å². The normalized spacial score (nSPS) is 27.7.